The van der Waals surface area contributed by atoms with Crippen LogP contribution in [0, 0.1) is 0 Å². The second kappa shape index (κ2) is 8.70. The number of hydrogen-bond acceptors (Lipinski definition) is 7. The third kappa shape index (κ3) is 4.25. The van der Waals surface area contributed by atoms with E-state index in [1.165, 1.54) is 6.33 Å². The molecule has 0 spiro atoms. The van der Waals surface area contributed by atoms with Crippen LogP contribution >= 0.6 is 0 Å². The molecule has 158 valence electrons. The summed E-state index contributed by atoms with van der Waals surface area (Å²) in [6.45, 7) is 1.37. The minimum Gasteiger partial charge on any atom is -0.492 e. The van der Waals surface area contributed by atoms with E-state index in [-0.39, 0.29) is 5.58 Å². The molecule has 0 fully saturated rings. The molecule has 4 rings (SSSR count). The van der Waals surface area contributed by atoms with Gasteiger partial charge in [-0.1, -0.05) is 24.3 Å². The highest BCUT2D eigenvalue weighted by atomic mass is 16.5. The van der Waals surface area contributed by atoms with Crippen LogP contribution in [0.2, 0.25) is 0 Å². The van der Waals surface area contributed by atoms with Gasteiger partial charge in [0.1, 0.15) is 23.4 Å². The monoisotopic (exact) mass is 421 g/mol. The Kier molecular flexibility index (Phi) is 5.65. The van der Waals surface area contributed by atoms with Crippen molar-refractivity contribution >= 4 is 39.6 Å². The van der Waals surface area contributed by atoms with E-state index in [1.807, 2.05) is 13.0 Å². The van der Waals surface area contributed by atoms with Crippen molar-refractivity contribution in [2.75, 3.05) is 18.5 Å². The van der Waals surface area contributed by atoms with Gasteiger partial charge in [-0.15, -0.1) is 0 Å². The van der Waals surface area contributed by atoms with Crippen molar-refractivity contribution in [1.29, 1.82) is 0 Å². The number of rotatable bonds is 7. The van der Waals surface area contributed by atoms with Gasteiger partial charge in [0, 0.05) is 5.39 Å². The zero-order chi connectivity index (χ0) is 21.8. The number of ether oxygens (including phenoxy) is 2. The molecule has 9 nitrogen and oxygen atoms in total. The molecular weight excluding hydrogens is 402 g/mol. The molecule has 9 heteroatoms. The van der Waals surface area contributed by atoms with E-state index in [9.17, 15) is 14.4 Å². The van der Waals surface area contributed by atoms with Gasteiger partial charge in [0.15, 0.2) is 6.61 Å². The molecule has 0 saturated carbocycles. The van der Waals surface area contributed by atoms with E-state index in [0.717, 1.165) is 4.57 Å². The molecular formula is C22H19N3O6. The maximum Gasteiger partial charge on any atom is 0.326 e. The SMILES string of the molecule is CCOc1ccccc1NC(=O)COC(=O)Cn1cnc2c(oc3ccccc32)c1=O. The van der Waals surface area contributed by atoms with Crippen LogP contribution in [0.4, 0.5) is 5.69 Å². The summed E-state index contributed by atoms with van der Waals surface area (Å²) in [5.41, 5.74) is 0.986. The van der Waals surface area contributed by atoms with Crippen molar-refractivity contribution in [2.45, 2.75) is 13.5 Å². The lowest BCUT2D eigenvalue weighted by Crippen LogP contribution is -2.27. The van der Waals surface area contributed by atoms with Gasteiger partial charge in [0.05, 0.1) is 18.6 Å². The summed E-state index contributed by atoms with van der Waals surface area (Å²) in [4.78, 5) is 41.2. The van der Waals surface area contributed by atoms with E-state index >= 15 is 0 Å². The first kappa shape index (κ1) is 20.1. The molecule has 2 heterocycles. The maximum atomic E-state index is 12.6. The number of nitrogens with one attached hydrogen (secondary N) is 1. The number of aromatic nitrogens is 2. The number of esters is 1. The van der Waals surface area contributed by atoms with Crippen LogP contribution in [-0.2, 0) is 20.9 Å². The predicted octanol–water partition coefficient (Wildman–Crippen LogP) is 2.72. The van der Waals surface area contributed by atoms with Gasteiger partial charge in [-0.25, -0.2) is 4.98 Å². The molecule has 31 heavy (non-hydrogen) atoms. The number of fused-ring (bicyclic) bond motifs is 3. The number of furan rings is 1. The average molecular weight is 421 g/mol. The normalized spacial score (nSPS) is 10.9. The van der Waals surface area contributed by atoms with Crippen LogP contribution in [0.1, 0.15) is 6.92 Å². The van der Waals surface area contributed by atoms with Gasteiger partial charge < -0.3 is 19.2 Å². The zero-order valence-electron chi connectivity index (χ0n) is 16.7. The van der Waals surface area contributed by atoms with Crippen molar-refractivity contribution < 1.29 is 23.5 Å². The van der Waals surface area contributed by atoms with Gasteiger partial charge in [-0.2, -0.15) is 0 Å². The van der Waals surface area contributed by atoms with E-state index in [1.54, 1.807) is 42.5 Å². The Morgan fingerprint density at radius 3 is 2.74 bits per heavy atom. The molecule has 1 amide bonds. The first-order chi connectivity index (χ1) is 15.1. The van der Waals surface area contributed by atoms with Gasteiger partial charge in [0.2, 0.25) is 5.58 Å². The number of hydrogen-bond donors (Lipinski definition) is 1. The van der Waals surface area contributed by atoms with Gasteiger partial charge in [0.25, 0.3) is 11.5 Å². The Hall–Kier alpha value is -4.14. The summed E-state index contributed by atoms with van der Waals surface area (Å²) in [7, 11) is 0. The molecule has 0 aliphatic heterocycles. The topological polar surface area (TPSA) is 113 Å². The molecule has 0 bridgehead atoms. The first-order valence-electron chi connectivity index (χ1n) is 9.60. The van der Waals surface area contributed by atoms with E-state index in [0.29, 0.717) is 34.5 Å². The summed E-state index contributed by atoms with van der Waals surface area (Å²) in [5.74, 6) is -0.771. The Bertz CT molecular complexity index is 1320. The number of nitrogens with zero attached hydrogens (tertiary/aromatic N) is 2. The lowest BCUT2D eigenvalue weighted by atomic mass is 10.2. The first-order valence-corrected chi connectivity index (χ1v) is 9.60. The standard InChI is InChI=1S/C22H19N3O6/c1-2-29-17-10-6-4-8-15(17)24-18(26)12-30-19(27)11-25-13-23-20-14-7-3-5-9-16(14)31-21(20)22(25)28/h3-10,13H,2,11-12H2,1H3,(H,24,26). The van der Waals surface area contributed by atoms with E-state index < -0.39 is 30.6 Å². The summed E-state index contributed by atoms with van der Waals surface area (Å²) in [6.07, 6.45) is 1.26. The number of para-hydroxylation sites is 3. The lowest BCUT2D eigenvalue weighted by molar-refractivity contribution is -0.147. The minimum atomic E-state index is -0.757. The molecule has 0 saturated heterocycles. The molecule has 2 aromatic heterocycles. The molecule has 0 atom stereocenters. The van der Waals surface area contributed by atoms with Crippen LogP contribution in [0.15, 0.2) is 64.1 Å². The second-order valence-corrected chi connectivity index (χ2v) is 6.59. The van der Waals surface area contributed by atoms with Crippen LogP contribution in [0.25, 0.3) is 22.1 Å². The molecule has 2 aromatic carbocycles. The molecule has 4 aromatic rings. The van der Waals surface area contributed by atoms with Crippen molar-refractivity contribution in [3.8, 4) is 5.75 Å². The van der Waals surface area contributed by atoms with Gasteiger partial charge in [-0.05, 0) is 31.2 Å². The zero-order valence-corrected chi connectivity index (χ0v) is 16.7. The summed E-state index contributed by atoms with van der Waals surface area (Å²) >= 11 is 0. The Morgan fingerprint density at radius 1 is 1.13 bits per heavy atom. The smallest absolute Gasteiger partial charge is 0.326 e. The Labute approximate surface area is 176 Å². The van der Waals surface area contributed by atoms with E-state index in [4.69, 9.17) is 13.9 Å². The van der Waals surface area contributed by atoms with Crippen LogP contribution in [-0.4, -0.2) is 34.6 Å². The third-order valence-electron chi connectivity index (χ3n) is 4.48. The fourth-order valence-corrected chi connectivity index (χ4v) is 3.10. The summed E-state index contributed by atoms with van der Waals surface area (Å²) < 4.78 is 17.1. The summed E-state index contributed by atoms with van der Waals surface area (Å²) in [6, 6.07) is 14.1. The predicted molar refractivity (Wildman–Crippen MR) is 113 cm³/mol. The number of amides is 1. The van der Waals surface area contributed by atoms with Crippen molar-refractivity contribution in [1.82, 2.24) is 9.55 Å². The number of anilines is 1. The van der Waals surface area contributed by atoms with Crippen LogP contribution in [0.5, 0.6) is 5.75 Å². The molecule has 0 unspecified atom stereocenters. The van der Waals surface area contributed by atoms with E-state index in [2.05, 4.69) is 10.3 Å². The van der Waals surface area contributed by atoms with Crippen LogP contribution < -0.4 is 15.6 Å². The molecule has 0 aliphatic carbocycles. The Balaban J connectivity index is 1.40. The third-order valence-corrected chi connectivity index (χ3v) is 4.48. The van der Waals surface area contributed by atoms with Gasteiger partial charge >= 0.3 is 5.97 Å². The molecule has 1 N–H and O–H groups in total. The lowest BCUT2D eigenvalue weighted by Gasteiger charge is -2.11. The van der Waals surface area contributed by atoms with Crippen molar-refractivity contribution in [3.63, 3.8) is 0 Å². The fourth-order valence-electron chi connectivity index (χ4n) is 3.10. The van der Waals surface area contributed by atoms with Crippen molar-refractivity contribution in [2.24, 2.45) is 0 Å². The highest BCUT2D eigenvalue weighted by Crippen LogP contribution is 2.24. The highest BCUT2D eigenvalue weighted by Gasteiger charge is 2.16. The average Bonchev–Trinajstić information content (AvgIpc) is 3.15. The maximum absolute atomic E-state index is 12.6. The molecule has 0 radical (unpaired) electrons. The minimum absolute atomic E-state index is 0.0572. The number of benzene rings is 2. The summed E-state index contributed by atoms with van der Waals surface area (Å²) in [5, 5.41) is 3.34. The quantitative estimate of drug-likeness (QED) is 0.457. The largest absolute Gasteiger partial charge is 0.492 e. The van der Waals surface area contributed by atoms with Crippen molar-refractivity contribution in [3.05, 3.63) is 65.2 Å². The second-order valence-electron chi connectivity index (χ2n) is 6.59. The Morgan fingerprint density at radius 2 is 1.90 bits per heavy atom. The van der Waals surface area contributed by atoms with Gasteiger partial charge in [-0.3, -0.25) is 19.0 Å². The number of carbonyl (C=O) groups is 2. The van der Waals surface area contributed by atoms with Crippen LogP contribution in [0.3, 0.4) is 0 Å². The fraction of sp³-hybridized carbons (Fsp3) is 0.182. The molecule has 0 aliphatic rings. The number of carbonyl (C=O) groups excluding carboxylic acids is 2. The highest BCUT2D eigenvalue weighted by molar-refractivity contribution is 6.01.